The van der Waals surface area contributed by atoms with Crippen LogP contribution in [0.4, 0.5) is 0 Å². The summed E-state index contributed by atoms with van der Waals surface area (Å²) in [6.07, 6.45) is 5.90. The van der Waals surface area contributed by atoms with Crippen LogP contribution in [0.1, 0.15) is 37.7 Å². The minimum Gasteiger partial charge on any atom is -0.299 e. The lowest BCUT2D eigenvalue weighted by Crippen LogP contribution is -2.11. The van der Waals surface area contributed by atoms with E-state index in [1.54, 1.807) is 6.07 Å². The Balaban J connectivity index is 1.90. The van der Waals surface area contributed by atoms with Crippen LogP contribution in [0.15, 0.2) is 18.2 Å². The van der Waals surface area contributed by atoms with Crippen molar-refractivity contribution >= 4 is 29.0 Å². The Kier molecular flexibility index (Phi) is 4.47. The Labute approximate surface area is 112 Å². The molecule has 0 unspecified atom stereocenters. The summed E-state index contributed by atoms with van der Waals surface area (Å²) in [4.78, 5) is 11.9. The average molecular weight is 271 g/mol. The Hall–Kier alpha value is -0.530. The van der Waals surface area contributed by atoms with Crippen molar-refractivity contribution in [3.05, 3.63) is 33.8 Å². The van der Waals surface area contributed by atoms with E-state index in [2.05, 4.69) is 0 Å². The van der Waals surface area contributed by atoms with Gasteiger partial charge in [-0.25, -0.2) is 0 Å². The van der Waals surface area contributed by atoms with Crippen molar-refractivity contribution in [2.24, 2.45) is 5.92 Å². The fourth-order valence-corrected chi connectivity index (χ4v) is 2.94. The van der Waals surface area contributed by atoms with Crippen LogP contribution in [0.25, 0.3) is 0 Å². The van der Waals surface area contributed by atoms with Gasteiger partial charge in [-0.15, -0.1) is 0 Å². The minimum atomic E-state index is 0.307. The first kappa shape index (κ1) is 12.9. The molecule has 0 amide bonds. The summed E-state index contributed by atoms with van der Waals surface area (Å²) in [6.45, 7) is 0. The Morgan fingerprint density at radius 3 is 2.59 bits per heavy atom. The van der Waals surface area contributed by atoms with Gasteiger partial charge in [0.15, 0.2) is 0 Å². The van der Waals surface area contributed by atoms with E-state index in [-0.39, 0.29) is 0 Å². The lowest BCUT2D eigenvalue weighted by atomic mass is 9.97. The summed E-state index contributed by atoms with van der Waals surface area (Å²) in [7, 11) is 0. The van der Waals surface area contributed by atoms with E-state index in [0.717, 1.165) is 24.8 Å². The van der Waals surface area contributed by atoms with E-state index in [9.17, 15) is 4.79 Å². The largest absolute Gasteiger partial charge is 0.299 e. The van der Waals surface area contributed by atoms with Gasteiger partial charge >= 0.3 is 0 Å². The predicted molar refractivity (Wildman–Crippen MR) is 71.7 cm³/mol. The molecule has 1 aromatic carbocycles. The number of rotatable bonds is 4. The third-order valence-electron chi connectivity index (χ3n) is 3.47. The van der Waals surface area contributed by atoms with Crippen LogP contribution in [-0.2, 0) is 11.2 Å². The van der Waals surface area contributed by atoms with Crippen molar-refractivity contribution in [1.82, 2.24) is 0 Å². The molecule has 1 fully saturated rings. The van der Waals surface area contributed by atoms with Gasteiger partial charge in [-0.1, -0.05) is 42.1 Å². The van der Waals surface area contributed by atoms with Crippen LogP contribution in [0.5, 0.6) is 0 Å². The fourth-order valence-electron chi connectivity index (χ4n) is 2.43. The molecule has 0 aliphatic heterocycles. The van der Waals surface area contributed by atoms with Crippen molar-refractivity contribution in [2.45, 2.75) is 38.5 Å². The number of carbonyl (C=O) groups excluding carboxylic acids is 1. The zero-order valence-electron chi connectivity index (χ0n) is 9.72. The van der Waals surface area contributed by atoms with Gasteiger partial charge in [0, 0.05) is 22.4 Å². The molecule has 1 aliphatic rings. The zero-order valence-corrected chi connectivity index (χ0v) is 11.2. The van der Waals surface area contributed by atoms with E-state index < -0.39 is 0 Å². The molecule has 0 radical (unpaired) electrons. The molecule has 1 saturated carbocycles. The number of Topliss-reactive ketones (excluding diaryl/α,β-unsaturated/α-hetero) is 1. The van der Waals surface area contributed by atoms with Crippen LogP contribution in [0.2, 0.25) is 10.0 Å². The third kappa shape index (κ3) is 3.46. The van der Waals surface area contributed by atoms with Crippen LogP contribution in [0.3, 0.4) is 0 Å². The molecular formula is C14H16Cl2O. The van der Waals surface area contributed by atoms with Crippen molar-refractivity contribution in [3.8, 4) is 0 Å². The first-order chi connectivity index (χ1) is 8.16. The second-order valence-electron chi connectivity index (χ2n) is 4.68. The molecule has 0 N–H and O–H groups in total. The summed E-state index contributed by atoms with van der Waals surface area (Å²) in [5.41, 5.74) is 1.02. The molecule has 0 spiro atoms. The summed E-state index contributed by atoms with van der Waals surface area (Å²) in [5, 5.41) is 1.30. The highest BCUT2D eigenvalue weighted by Gasteiger charge is 2.22. The highest BCUT2D eigenvalue weighted by molar-refractivity contribution is 6.35. The van der Waals surface area contributed by atoms with Crippen molar-refractivity contribution in [3.63, 3.8) is 0 Å². The molecule has 0 bridgehead atoms. The molecule has 2 rings (SSSR count). The zero-order chi connectivity index (χ0) is 12.3. The van der Waals surface area contributed by atoms with Crippen molar-refractivity contribution in [2.75, 3.05) is 0 Å². The van der Waals surface area contributed by atoms with E-state index in [1.807, 2.05) is 12.1 Å². The monoisotopic (exact) mass is 270 g/mol. The van der Waals surface area contributed by atoms with E-state index in [4.69, 9.17) is 23.2 Å². The van der Waals surface area contributed by atoms with Crippen molar-refractivity contribution < 1.29 is 4.79 Å². The molecular weight excluding hydrogens is 255 g/mol. The summed E-state index contributed by atoms with van der Waals surface area (Å²) in [5.74, 6) is 0.703. The molecule has 3 heteroatoms. The number of hydrogen-bond donors (Lipinski definition) is 0. The second-order valence-corrected chi connectivity index (χ2v) is 5.53. The number of benzene rings is 1. The maximum absolute atomic E-state index is 11.9. The molecule has 1 nitrogen and oxygen atoms in total. The SMILES string of the molecule is O=C(CCc1ccc(Cl)cc1Cl)C1CCCC1. The van der Waals surface area contributed by atoms with E-state index >= 15 is 0 Å². The van der Waals surface area contributed by atoms with E-state index in [1.165, 1.54) is 12.8 Å². The minimum absolute atomic E-state index is 0.307. The summed E-state index contributed by atoms with van der Waals surface area (Å²) < 4.78 is 0. The number of aryl methyl sites for hydroxylation is 1. The van der Waals surface area contributed by atoms with Crippen LogP contribution in [0, 0.1) is 5.92 Å². The van der Waals surface area contributed by atoms with Gasteiger partial charge in [-0.3, -0.25) is 4.79 Å². The first-order valence-corrected chi connectivity index (χ1v) is 6.89. The fraction of sp³-hybridized carbons (Fsp3) is 0.500. The van der Waals surface area contributed by atoms with E-state index in [0.29, 0.717) is 28.2 Å². The van der Waals surface area contributed by atoms with Crippen LogP contribution in [-0.4, -0.2) is 5.78 Å². The molecule has 0 atom stereocenters. The van der Waals surface area contributed by atoms with Gasteiger partial charge in [0.2, 0.25) is 0 Å². The van der Waals surface area contributed by atoms with Gasteiger partial charge in [-0.2, -0.15) is 0 Å². The quantitative estimate of drug-likeness (QED) is 0.776. The lowest BCUT2D eigenvalue weighted by molar-refractivity contribution is -0.122. The Morgan fingerprint density at radius 1 is 1.24 bits per heavy atom. The highest BCUT2D eigenvalue weighted by atomic mass is 35.5. The molecule has 0 aromatic heterocycles. The molecule has 17 heavy (non-hydrogen) atoms. The first-order valence-electron chi connectivity index (χ1n) is 6.13. The lowest BCUT2D eigenvalue weighted by Gasteiger charge is -2.08. The molecule has 0 heterocycles. The van der Waals surface area contributed by atoms with Gasteiger partial charge in [-0.05, 0) is 37.0 Å². The number of halogens is 2. The molecule has 92 valence electrons. The maximum atomic E-state index is 11.9. The van der Waals surface area contributed by atoms with Gasteiger partial charge < -0.3 is 0 Å². The van der Waals surface area contributed by atoms with Crippen LogP contribution >= 0.6 is 23.2 Å². The number of ketones is 1. The predicted octanol–water partition coefficient (Wildman–Crippen LogP) is 4.69. The standard InChI is InChI=1S/C14H16Cl2O/c15-12-7-5-10(13(16)9-12)6-8-14(17)11-3-1-2-4-11/h5,7,9,11H,1-4,6,8H2. The van der Waals surface area contributed by atoms with Crippen molar-refractivity contribution in [1.29, 1.82) is 0 Å². The van der Waals surface area contributed by atoms with Crippen LogP contribution < -0.4 is 0 Å². The highest BCUT2D eigenvalue weighted by Crippen LogP contribution is 2.28. The molecule has 1 aromatic rings. The summed E-state index contributed by atoms with van der Waals surface area (Å²) in [6, 6.07) is 5.47. The molecule has 1 aliphatic carbocycles. The Bertz CT molecular complexity index is 409. The average Bonchev–Trinajstić information content (AvgIpc) is 2.81. The second kappa shape index (κ2) is 5.88. The third-order valence-corrected chi connectivity index (χ3v) is 4.05. The maximum Gasteiger partial charge on any atom is 0.136 e. The normalized spacial score (nSPS) is 16.4. The topological polar surface area (TPSA) is 17.1 Å². The summed E-state index contributed by atoms with van der Waals surface area (Å²) >= 11 is 11.9. The number of hydrogen-bond acceptors (Lipinski definition) is 1. The molecule has 0 saturated heterocycles. The number of carbonyl (C=O) groups is 1. The smallest absolute Gasteiger partial charge is 0.136 e. The van der Waals surface area contributed by atoms with Gasteiger partial charge in [0.05, 0.1) is 0 Å². The van der Waals surface area contributed by atoms with Gasteiger partial charge in [0.25, 0.3) is 0 Å². The Morgan fingerprint density at radius 2 is 1.94 bits per heavy atom. The van der Waals surface area contributed by atoms with Gasteiger partial charge in [0.1, 0.15) is 5.78 Å².